The van der Waals surface area contributed by atoms with Crippen LogP contribution in [0.15, 0.2) is 18.2 Å². The Morgan fingerprint density at radius 3 is 2.53 bits per heavy atom. The van der Waals surface area contributed by atoms with Gasteiger partial charge in [-0.15, -0.1) is 0 Å². The van der Waals surface area contributed by atoms with Gasteiger partial charge >= 0.3 is 0 Å². The molecular formula is C16H27ClN2. The molecule has 108 valence electrons. The Bertz CT molecular complexity index is 390. The predicted octanol–water partition coefficient (Wildman–Crippen LogP) is 4.32. The van der Waals surface area contributed by atoms with Gasteiger partial charge in [-0.25, -0.2) is 0 Å². The van der Waals surface area contributed by atoms with E-state index in [0.717, 1.165) is 24.5 Å². The summed E-state index contributed by atoms with van der Waals surface area (Å²) >= 11 is 6.37. The largest absolute Gasteiger partial charge is 0.372 e. The summed E-state index contributed by atoms with van der Waals surface area (Å²) in [5.41, 5.74) is 2.44. The molecule has 0 saturated heterocycles. The van der Waals surface area contributed by atoms with Crippen molar-refractivity contribution in [2.24, 2.45) is 5.92 Å². The monoisotopic (exact) mass is 282 g/mol. The van der Waals surface area contributed by atoms with E-state index in [2.05, 4.69) is 51.0 Å². The Labute approximate surface area is 123 Å². The number of rotatable bonds is 7. The molecule has 1 aromatic rings. The van der Waals surface area contributed by atoms with Crippen molar-refractivity contribution in [3.63, 3.8) is 0 Å². The summed E-state index contributed by atoms with van der Waals surface area (Å²) in [7, 11) is 2.14. The number of nitrogens with one attached hydrogen (secondary N) is 1. The molecule has 19 heavy (non-hydrogen) atoms. The molecule has 0 fully saturated rings. The Morgan fingerprint density at radius 1 is 1.26 bits per heavy atom. The van der Waals surface area contributed by atoms with Gasteiger partial charge in [-0.1, -0.05) is 38.4 Å². The minimum atomic E-state index is 0.516. The van der Waals surface area contributed by atoms with E-state index in [0.29, 0.717) is 12.0 Å². The summed E-state index contributed by atoms with van der Waals surface area (Å²) in [5.74, 6) is 0.651. The highest BCUT2D eigenvalue weighted by Crippen LogP contribution is 2.28. The minimum Gasteiger partial charge on any atom is -0.372 e. The van der Waals surface area contributed by atoms with Gasteiger partial charge in [0, 0.05) is 35.9 Å². The van der Waals surface area contributed by atoms with Gasteiger partial charge in [-0.2, -0.15) is 0 Å². The molecule has 1 aromatic carbocycles. The fourth-order valence-electron chi connectivity index (χ4n) is 2.05. The molecule has 1 rings (SSSR count). The first-order valence-corrected chi connectivity index (χ1v) is 7.56. The molecule has 1 unspecified atom stereocenters. The van der Waals surface area contributed by atoms with Crippen LogP contribution < -0.4 is 10.2 Å². The smallest absolute Gasteiger partial charge is 0.0471 e. The van der Waals surface area contributed by atoms with Crippen molar-refractivity contribution < 1.29 is 0 Å². The van der Waals surface area contributed by atoms with Crippen molar-refractivity contribution >= 4 is 17.3 Å². The second-order valence-electron chi connectivity index (χ2n) is 5.63. The van der Waals surface area contributed by atoms with E-state index in [1.54, 1.807) is 0 Å². The van der Waals surface area contributed by atoms with Crippen LogP contribution in [0, 0.1) is 5.92 Å². The van der Waals surface area contributed by atoms with Gasteiger partial charge in [0.25, 0.3) is 0 Å². The van der Waals surface area contributed by atoms with Crippen LogP contribution in [-0.4, -0.2) is 19.6 Å². The number of hydrogen-bond acceptors (Lipinski definition) is 2. The van der Waals surface area contributed by atoms with Crippen LogP contribution in [0.4, 0.5) is 5.69 Å². The molecule has 3 heteroatoms. The summed E-state index contributed by atoms with van der Waals surface area (Å²) in [6.07, 6.45) is 1.13. The molecule has 2 nitrogen and oxygen atoms in total. The molecule has 0 aromatic heterocycles. The van der Waals surface area contributed by atoms with E-state index in [9.17, 15) is 0 Å². The first kappa shape index (κ1) is 16.3. The van der Waals surface area contributed by atoms with E-state index in [1.807, 2.05) is 12.1 Å². The third-order valence-electron chi connectivity index (χ3n) is 3.58. The Hall–Kier alpha value is -0.730. The normalized spacial score (nSPS) is 12.8. The average Bonchev–Trinajstić information content (AvgIpc) is 2.38. The molecule has 0 aliphatic carbocycles. The zero-order valence-corrected chi connectivity index (χ0v) is 13.6. The lowest BCUT2D eigenvalue weighted by Crippen LogP contribution is -2.30. The maximum absolute atomic E-state index is 6.37. The molecule has 0 saturated carbocycles. The summed E-state index contributed by atoms with van der Waals surface area (Å²) in [4.78, 5) is 2.32. The molecule has 1 atom stereocenters. The number of halogens is 1. The summed E-state index contributed by atoms with van der Waals surface area (Å²) in [6.45, 7) is 10.7. The van der Waals surface area contributed by atoms with Crippen LogP contribution in [0.2, 0.25) is 5.02 Å². The SMILES string of the molecule is CCC(C)N(C)c1cccc(Cl)c1CNCC(C)C. The topological polar surface area (TPSA) is 15.3 Å². The fraction of sp³-hybridized carbons (Fsp3) is 0.625. The second-order valence-corrected chi connectivity index (χ2v) is 6.04. The van der Waals surface area contributed by atoms with Crippen molar-refractivity contribution in [3.8, 4) is 0 Å². The van der Waals surface area contributed by atoms with Gasteiger partial charge < -0.3 is 10.2 Å². The first-order chi connectivity index (χ1) is 8.97. The van der Waals surface area contributed by atoms with Crippen molar-refractivity contribution in [2.45, 2.75) is 46.7 Å². The van der Waals surface area contributed by atoms with Crippen LogP contribution >= 0.6 is 11.6 Å². The van der Waals surface area contributed by atoms with Gasteiger partial charge in [-0.3, -0.25) is 0 Å². The van der Waals surface area contributed by atoms with Crippen molar-refractivity contribution in [3.05, 3.63) is 28.8 Å². The highest BCUT2D eigenvalue weighted by atomic mass is 35.5. The van der Waals surface area contributed by atoms with Gasteiger partial charge in [0.2, 0.25) is 0 Å². The number of benzene rings is 1. The first-order valence-electron chi connectivity index (χ1n) is 7.18. The lowest BCUT2D eigenvalue weighted by Gasteiger charge is -2.29. The third kappa shape index (κ3) is 4.70. The van der Waals surface area contributed by atoms with E-state index < -0.39 is 0 Å². The molecule has 0 amide bonds. The van der Waals surface area contributed by atoms with Crippen LogP contribution in [-0.2, 0) is 6.54 Å². The maximum Gasteiger partial charge on any atom is 0.0471 e. The van der Waals surface area contributed by atoms with Crippen molar-refractivity contribution in [2.75, 3.05) is 18.5 Å². The van der Waals surface area contributed by atoms with Gasteiger partial charge in [0.1, 0.15) is 0 Å². The van der Waals surface area contributed by atoms with E-state index in [1.165, 1.54) is 11.3 Å². The maximum atomic E-state index is 6.37. The van der Waals surface area contributed by atoms with Crippen molar-refractivity contribution in [1.29, 1.82) is 0 Å². The number of nitrogens with zero attached hydrogens (tertiary/aromatic N) is 1. The highest BCUT2D eigenvalue weighted by Gasteiger charge is 2.14. The molecule has 0 aliphatic heterocycles. The fourth-order valence-corrected chi connectivity index (χ4v) is 2.29. The summed E-state index contributed by atoms with van der Waals surface area (Å²) < 4.78 is 0. The molecule has 0 aliphatic rings. The molecular weight excluding hydrogens is 256 g/mol. The van der Waals surface area contributed by atoms with E-state index in [4.69, 9.17) is 11.6 Å². The quantitative estimate of drug-likeness (QED) is 0.801. The molecule has 0 bridgehead atoms. The Kier molecular flexibility index (Phi) is 6.67. The Balaban J connectivity index is 2.88. The molecule has 0 heterocycles. The Morgan fingerprint density at radius 2 is 1.95 bits per heavy atom. The molecule has 1 N–H and O–H groups in total. The highest BCUT2D eigenvalue weighted by molar-refractivity contribution is 6.31. The second kappa shape index (κ2) is 7.76. The molecule has 0 radical (unpaired) electrons. The average molecular weight is 283 g/mol. The predicted molar refractivity (Wildman–Crippen MR) is 86.2 cm³/mol. The minimum absolute atomic E-state index is 0.516. The van der Waals surface area contributed by atoms with Gasteiger partial charge in [0.15, 0.2) is 0 Å². The lowest BCUT2D eigenvalue weighted by molar-refractivity contribution is 0.551. The number of hydrogen-bond donors (Lipinski definition) is 1. The lowest BCUT2D eigenvalue weighted by atomic mass is 10.1. The standard InChI is InChI=1S/C16H27ClN2/c1-6-13(4)19(5)16-9-7-8-15(17)14(16)11-18-10-12(2)3/h7-9,12-13,18H,6,10-11H2,1-5H3. The van der Waals surface area contributed by atoms with Gasteiger partial charge in [-0.05, 0) is 37.9 Å². The van der Waals surface area contributed by atoms with Gasteiger partial charge in [0.05, 0.1) is 0 Å². The zero-order valence-electron chi connectivity index (χ0n) is 12.8. The summed E-state index contributed by atoms with van der Waals surface area (Å²) in [5, 5.41) is 4.33. The number of anilines is 1. The molecule has 0 spiro atoms. The van der Waals surface area contributed by atoms with Crippen molar-refractivity contribution in [1.82, 2.24) is 5.32 Å². The zero-order chi connectivity index (χ0) is 14.4. The van der Waals surface area contributed by atoms with Crippen LogP contribution in [0.25, 0.3) is 0 Å². The van der Waals surface area contributed by atoms with Crippen LogP contribution in [0.3, 0.4) is 0 Å². The van der Waals surface area contributed by atoms with E-state index >= 15 is 0 Å². The van der Waals surface area contributed by atoms with E-state index in [-0.39, 0.29) is 0 Å². The van der Waals surface area contributed by atoms with Crippen LogP contribution in [0.1, 0.15) is 39.7 Å². The third-order valence-corrected chi connectivity index (χ3v) is 3.93. The summed E-state index contributed by atoms with van der Waals surface area (Å²) in [6, 6.07) is 6.68. The van der Waals surface area contributed by atoms with Crippen LogP contribution in [0.5, 0.6) is 0 Å².